The standard InChI is InChI=1S/C29H33N5O5.C2H6.2U/c1-18-11-9-10-12-19(18)15-31-27(38)29(5,6)34(17-24(35)33(7)8)26(37)23-14-21-22(39-23)13-20(16-30-21)25(36)32-28(2,3)4;1-2;;/h9-13,16H,2-3,5,15,17H2,1,4,6-8H3,(H,31,38)(H,32,36);1-2H3;;/q-4;;2*+2. The molecule has 3 rings (SSSR count). The average molecular weight is 1040 g/mol. The number of rotatable bonds is 9. The minimum Gasteiger partial charge on any atom is -0.533 e. The fraction of sp³-hybridized carbons (Fsp3) is 0.355. The zero-order valence-electron chi connectivity index (χ0n) is 25.9. The molecule has 0 fully saturated rings. The molecule has 1 unspecified atom stereocenters. The summed E-state index contributed by atoms with van der Waals surface area (Å²) >= 11 is 0. The summed E-state index contributed by atoms with van der Waals surface area (Å²) in [5, 5.41) is 5.42. The van der Waals surface area contributed by atoms with Crippen LogP contribution >= 0.6 is 0 Å². The molecule has 2 heterocycles. The molecule has 2 aromatic heterocycles. The minimum atomic E-state index is -1.69. The van der Waals surface area contributed by atoms with Crippen molar-refractivity contribution in [2.24, 2.45) is 0 Å². The number of amides is 4. The number of hydrogen-bond donors (Lipinski definition) is 2. The molecule has 12 heteroatoms. The number of likely N-dealkylation sites (N-methyl/N-ethyl adjacent to an activating group) is 1. The van der Waals surface area contributed by atoms with Crippen LogP contribution in [0.5, 0.6) is 0 Å². The van der Waals surface area contributed by atoms with Gasteiger partial charge >= 0.3 is 62.2 Å². The summed E-state index contributed by atoms with van der Waals surface area (Å²) in [6, 6.07) is 11.7. The number of benzene rings is 1. The molecule has 2 N–H and O–H groups in total. The quantitative estimate of drug-likeness (QED) is 0.317. The molecule has 1 aromatic carbocycles. The summed E-state index contributed by atoms with van der Waals surface area (Å²) in [6.07, 6.45) is 1.31. The van der Waals surface area contributed by atoms with E-state index in [0.29, 0.717) is 0 Å². The molecule has 226 valence electrons. The summed E-state index contributed by atoms with van der Waals surface area (Å²) in [5.74, 6) is -2.55. The first-order chi connectivity index (χ1) is 19.1. The van der Waals surface area contributed by atoms with Gasteiger partial charge in [0.15, 0.2) is 5.91 Å². The number of fused-ring (bicyclic) bond motifs is 1. The summed E-state index contributed by atoms with van der Waals surface area (Å²) in [7, 11) is 3.08. The van der Waals surface area contributed by atoms with E-state index < -0.39 is 41.3 Å². The van der Waals surface area contributed by atoms with Gasteiger partial charge in [-0.2, -0.15) is 0 Å². The second-order valence-corrected chi connectivity index (χ2v) is 10.2. The van der Waals surface area contributed by atoms with Gasteiger partial charge in [0.25, 0.3) is 0 Å². The molecule has 10 nitrogen and oxygen atoms in total. The van der Waals surface area contributed by atoms with E-state index in [1.165, 1.54) is 38.2 Å². The molecule has 0 spiro atoms. The third-order valence-electron chi connectivity index (χ3n) is 5.99. The number of nitrogens with one attached hydrogen (secondary N) is 2. The van der Waals surface area contributed by atoms with Crippen molar-refractivity contribution in [1.29, 1.82) is 0 Å². The van der Waals surface area contributed by atoms with E-state index in [2.05, 4.69) is 42.5 Å². The molecule has 0 bridgehead atoms. The first-order valence-electron chi connectivity index (χ1n) is 13.2. The molecule has 0 saturated carbocycles. The second-order valence-electron chi connectivity index (χ2n) is 10.2. The number of furan rings is 1. The van der Waals surface area contributed by atoms with Crippen LogP contribution in [0.15, 0.2) is 40.9 Å². The number of carbonyl (C=O) groups excluding carboxylic acids is 4. The van der Waals surface area contributed by atoms with Gasteiger partial charge in [-0.3, -0.25) is 19.4 Å². The number of aromatic nitrogens is 1. The van der Waals surface area contributed by atoms with Gasteiger partial charge in [0.1, 0.15) is 0 Å². The summed E-state index contributed by atoms with van der Waals surface area (Å²) in [4.78, 5) is 58.5. The van der Waals surface area contributed by atoms with Crippen molar-refractivity contribution in [3.63, 3.8) is 0 Å². The monoisotopic (exact) mass is 1040 g/mol. The van der Waals surface area contributed by atoms with Gasteiger partial charge in [-0.1, -0.05) is 58.0 Å². The second kappa shape index (κ2) is 17.4. The fourth-order valence-corrected chi connectivity index (χ4v) is 3.59. The van der Waals surface area contributed by atoms with Crippen LogP contribution in [0.3, 0.4) is 0 Å². The Morgan fingerprint density at radius 3 is 2.21 bits per heavy atom. The first kappa shape index (κ1) is 40.9. The van der Waals surface area contributed by atoms with E-state index in [4.69, 9.17) is 4.42 Å². The van der Waals surface area contributed by atoms with Gasteiger partial charge in [0.05, 0.1) is 12.3 Å². The smallest absolute Gasteiger partial charge is 0.533 e. The maximum Gasteiger partial charge on any atom is 2.00 e. The molecule has 0 aliphatic heterocycles. The van der Waals surface area contributed by atoms with Crippen LogP contribution in [0.25, 0.3) is 11.1 Å². The summed E-state index contributed by atoms with van der Waals surface area (Å²) in [5.41, 5.74) is -0.278. The Morgan fingerprint density at radius 2 is 1.65 bits per heavy atom. The third-order valence-corrected chi connectivity index (χ3v) is 5.99. The normalized spacial score (nSPS) is 11.9. The van der Waals surface area contributed by atoms with E-state index in [-0.39, 0.29) is 91.2 Å². The van der Waals surface area contributed by atoms with Crippen molar-refractivity contribution in [2.45, 2.75) is 52.2 Å². The van der Waals surface area contributed by atoms with Crippen LogP contribution in [0.4, 0.5) is 0 Å². The van der Waals surface area contributed by atoms with Crippen LogP contribution in [0, 0.1) is 96.0 Å². The van der Waals surface area contributed by atoms with E-state index in [9.17, 15) is 19.2 Å². The van der Waals surface area contributed by atoms with E-state index in [0.717, 1.165) is 16.0 Å². The molecule has 0 aliphatic carbocycles. The van der Waals surface area contributed by atoms with Gasteiger partial charge in [0.2, 0.25) is 17.7 Å². The maximum atomic E-state index is 13.6. The Kier molecular flexibility index (Phi) is 16.5. The number of aryl methyl sites for hydroxylation is 1. The topological polar surface area (TPSA) is 125 Å². The molecule has 43 heavy (non-hydrogen) atoms. The molecule has 4 amide bonds. The first-order valence-corrected chi connectivity index (χ1v) is 13.2. The molecule has 0 aliphatic rings. The zero-order valence-corrected chi connectivity index (χ0v) is 34.2. The zero-order chi connectivity index (χ0) is 31.1. The molecular weight excluding hydrogens is 998 g/mol. The van der Waals surface area contributed by atoms with Crippen molar-refractivity contribution >= 4 is 34.7 Å². The Morgan fingerprint density at radius 1 is 1.05 bits per heavy atom. The van der Waals surface area contributed by atoms with Gasteiger partial charge in [-0.25, -0.2) is 5.54 Å². The average Bonchev–Trinajstić information content (AvgIpc) is 3.34. The summed E-state index contributed by atoms with van der Waals surface area (Å²) in [6.45, 7) is 20.2. The molecule has 1 atom stereocenters. The van der Waals surface area contributed by atoms with Crippen LogP contribution in [-0.2, 0) is 16.1 Å². The predicted octanol–water partition coefficient (Wildman–Crippen LogP) is 3.56. The van der Waals surface area contributed by atoms with Gasteiger partial charge in [-0.05, 0) is 29.1 Å². The largest absolute Gasteiger partial charge is 2.00 e. The number of hydrogen-bond acceptors (Lipinski definition) is 6. The Bertz CT molecular complexity index is 1410. The maximum absolute atomic E-state index is 13.6. The van der Waals surface area contributed by atoms with Gasteiger partial charge < -0.3 is 50.4 Å². The van der Waals surface area contributed by atoms with Crippen LogP contribution < -0.4 is 10.6 Å². The van der Waals surface area contributed by atoms with Crippen molar-refractivity contribution in [1.82, 2.24) is 25.4 Å². The number of nitrogens with zero attached hydrogens (tertiary/aromatic N) is 3. The third kappa shape index (κ3) is 11.1. The van der Waals surface area contributed by atoms with Crippen LogP contribution in [0.1, 0.15) is 59.7 Å². The molecule has 3 aromatic rings. The fourth-order valence-electron chi connectivity index (χ4n) is 3.59. The Hall–Kier alpha value is -2.11. The summed E-state index contributed by atoms with van der Waals surface area (Å²) < 4.78 is 5.69. The number of carbonyl (C=O) groups is 4. The Labute approximate surface area is 302 Å². The van der Waals surface area contributed by atoms with Gasteiger partial charge in [0, 0.05) is 38.0 Å². The van der Waals surface area contributed by atoms with E-state index >= 15 is 0 Å². The molecule has 0 saturated heterocycles. The van der Waals surface area contributed by atoms with Gasteiger partial charge in [-0.15, -0.1) is 6.07 Å². The van der Waals surface area contributed by atoms with Crippen molar-refractivity contribution in [2.75, 3.05) is 20.6 Å². The minimum absolute atomic E-state index is 0. The van der Waals surface area contributed by atoms with Crippen molar-refractivity contribution in [3.8, 4) is 0 Å². The predicted molar refractivity (Wildman–Crippen MR) is 157 cm³/mol. The van der Waals surface area contributed by atoms with E-state index in [1.807, 2.05) is 45.0 Å². The van der Waals surface area contributed by atoms with Crippen LogP contribution in [0.2, 0.25) is 0 Å². The SMILES string of the molecule is CC.[CH2-]C([CH2-])(C)NC(=O)c1cnc2[c-]c(C(=O)N(CC(=O)N(C)C)C([CH2-])(C)C(=O)NCc3ccccc3C)oc2c1.[U+2].[U+2]. The molecular formula is C31H39N5O5U2. The van der Waals surface area contributed by atoms with E-state index in [1.54, 1.807) is 6.92 Å². The number of pyridine rings is 1. The van der Waals surface area contributed by atoms with Crippen molar-refractivity contribution < 1.29 is 85.8 Å². The van der Waals surface area contributed by atoms with Crippen molar-refractivity contribution in [3.05, 3.63) is 85.8 Å². The Balaban J connectivity index is 0.00000432. The van der Waals surface area contributed by atoms with Crippen LogP contribution in [-0.4, -0.2) is 70.1 Å². The molecule has 0 radical (unpaired) electrons.